The van der Waals surface area contributed by atoms with Gasteiger partial charge in [0.05, 0.1) is 11.1 Å². The van der Waals surface area contributed by atoms with E-state index in [2.05, 4.69) is 5.32 Å². The standard InChI is InChI=1S/C12H17ClFNO/c1-8(2)16-12-5-4-9(6-10(12)13)11(14)7-15-3/h4-6,8,11,15H,7H2,1-3H3. The molecule has 1 rings (SSSR count). The summed E-state index contributed by atoms with van der Waals surface area (Å²) in [6.07, 6.45) is -0.988. The molecular formula is C12H17ClFNO. The summed E-state index contributed by atoms with van der Waals surface area (Å²) in [7, 11) is 1.71. The van der Waals surface area contributed by atoms with E-state index in [0.717, 1.165) is 0 Å². The first kappa shape index (κ1) is 13.3. The topological polar surface area (TPSA) is 21.3 Å². The third-order valence-electron chi connectivity index (χ3n) is 2.06. The lowest BCUT2D eigenvalue weighted by molar-refractivity contribution is 0.242. The van der Waals surface area contributed by atoms with Gasteiger partial charge in [-0.15, -0.1) is 0 Å². The highest BCUT2D eigenvalue weighted by atomic mass is 35.5. The van der Waals surface area contributed by atoms with Crippen molar-refractivity contribution in [1.29, 1.82) is 0 Å². The van der Waals surface area contributed by atoms with Crippen LogP contribution in [0.4, 0.5) is 4.39 Å². The Morgan fingerprint density at radius 1 is 1.44 bits per heavy atom. The Hall–Kier alpha value is -0.800. The monoisotopic (exact) mass is 245 g/mol. The molecule has 0 aliphatic rings. The summed E-state index contributed by atoms with van der Waals surface area (Å²) in [6.45, 7) is 4.12. The van der Waals surface area contributed by atoms with Gasteiger partial charge in [0.2, 0.25) is 0 Å². The second kappa shape index (κ2) is 6.06. The first-order valence-electron chi connectivity index (χ1n) is 5.29. The zero-order valence-electron chi connectivity index (χ0n) is 9.76. The maximum atomic E-state index is 13.5. The first-order valence-corrected chi connectivity index (χ1v) is 5.67. The van der Waals surface area contributed by atoms with E-state index < -0.39 is 6.17 Å². The van der Waals surface area contributed by atoms with Crippen LogP contribution in [0.15, 0.2) is 18.2 Å². The van der Waals surface area contributed by atoms with Gasteiger partial charge in [-0.3, -0.25) is 0 Å². The number of hydrogen-bond donors (Lipinski definition) is 1. The van der Waals surface area contributed by atoms with Crippen molar-refractivity contribution in [3.05, 3.63) is 28.8 Å². The van der Waals surface area contributed by atoms with Crippen molar-refractivity contribution >= 4 is 11.6 Å². The summed E-state index contributed by atoms with van der Waals surface area (Å²) in [6, 6.07) is 5.02. The van der Waals surface area contributed by atoms with E-state index in [9.17, 15) is 4.39 Å². The quantitative estimate of drug-likeness (QED) is 0.859. The Labute approximate surface area is 101 Å². The second-order valence-electron chi connectivity index (χ2n) is 3.88. The summed E-state index contributed by atoms with van der Waals surface area (Å²) in [4.78, 5) is 0. The van der Waals surface area contributed by atoms with Crippen molar-refractivity contribution in [2.45, 2.75) is 26.1 Å². The van der Waals surface area contributed by atoms with Gasteiger partial charge in [0.1, 0.15) is 11.9 Å². The molecule has 16 heavy (non-hydrogen) atoms. The fraction of sp³-hybridized carbons (Fsp3) is 0.500. The number of benzene rings is 1. The lowest BCUT2D eigenvalue weighted by atomic mass is 10.1. The van der Waals surface area contributed by atoms with E-state index >= 15 is 0 Å². The van der Waals surface area contributed by atoms with Gasteiger partial charge in [0.15, 0.2) is 0 Å². The summed E-state index contributed by atoms with van der Waals surface area (Å²) in [5.74, 6) is 0.595. The predicted molar refractivity (Wildman–Crippen MR) is 65.0 cm³/mol. The number of ether oxygens (including phenoxy) is 1. The highest BCUT2D eigenvalue weighted by Crippen LogP contribution is 2.29. The van der Waals surface area contributed by atoms with Crippen molar-refractivity contribution in [2.24, 2.45) is 0 Å². The van der Waals surface area contributed by atoms with Crippen LogP contribution in [0.1, 0.15) is 25.6 Å². The fourth-order valence-electron chi connectivity index (χ4n) is 1.36. The lowest BCUT2D eigenvalue weighted by Gasteiger charge is -2.13. The molecular weight excluding hydrogens is 229 g/mol. The lowest BCUT2D eigenvalue weighted by Crippen LogP contribution is -2.14. The molecule has 1 aromatic carbocycles. The van der Waals surface area contributed by atoms with Crippen molar-refractivity contribution in [3.63, 3.8) is 0 Å². The Bertz CT molecular complexity index is 344. The van der Waals surface area contributed by atoms with Crippen LogP contribution in [-0.2, 0) is 0 Å². The number of hydrogen-bond acceptors (Lipinski definition) is 2. The molecule has 0 saturated heterocycles. The van der Waals surface area contributed by atoms with Gasteiger partial charge in [-0.05, 0) is 38.6 Å². The van der Waals surface area contributed by atoms with Gasteiger partial charge in [0, 0.05) is 6.54 Å². The van der Waals surface area contributed by atoms with E-state index in [1.54, 1.807) is 25.2 Å². The van der Waals surface area contributed by atoms with Gasteiger partial charge < -0.3 is 10.1 Å². The number of likely N-dealkylation sites (N-methyl/N-ethyl adjacent to an activating group) is 1. The molecule has 0 fully saturated rings. The number of alkyl halides is 1. The van der Waals surface area contributed by atoms with Crippen molar-refractivity contribution < 1.29 is 9.13 Å². The van der Waals surface area contributed by atoms with Gasteiger partial charge in [-0.2, -0.15) is 0 Å². The Balaban J connectivity index is 2.82. The van der Waals surface area contributed by atoms with Crippen molar-refractivity contribution in [3.8, 4) is 5.75 Å². The Kier molecular flexibility index (Phi) is 5.03. The molecule has 1 N–H and O–H groups in total. The van der Waals surface area contributed by atoms with E-state index in [1.165, 1.54) is 0 Å². The minimum absolute atomic E-state index is 0.0573. The van der Waals surface area contributed by atoms with Crippen LogP contribution in [0.25, 0.3) is 0 Å². The van der Waals surface area contributed by atoms with Gasteiger partial charge in [-0.1, -0.05) is 17.7 Å². The zero-order chi connectivity index (χ0) is 12.1. The zero-order valence-corrected chi connectivity index (χ0v) is 10.5. The average Bonchev–Trinajstić information content (AvgIpc) is 2.20. The molecule has 90 valence electrons. The minimum atomic E-state index is -1.05. The Morgan fingerprint density at radius 3 is 2.62 bits per heavy atom. The van der Waals surface area contributed by atoms with Crippen LogP contribution >= 0.6 is 11.6 Å². The maximum Gasteiger partial charge on any atom is 0.138 e. The summed E-state index contributed by atoms with van der Waals surface area (Å²) >= 11 is 6.01. The van der Waals surface area contributed by atoms with Crippen LogP contribution < -0.4 is 10.1 Å². The molecule has 0 heterocycles. The average molecular weight is 246 g/mol. The smallest absolute Gasteiger partial charge is 0.138 e. The highest BCUT2D eigenvalue weighted by Gasteiger charge is 2.11. The van der Waals surface area contributed by atoms with Crippen LogP contribution in [0, 0.1) is 0 Å². The number of rotatable bonds is 5. The molecule has 1 aromatic rings. The van der Waals surface area contributed by atoms with E-state index in [0.29, 0.717) is 16.3 Å². The summed E-state index contributed by atoms with van der Waals surface area (Å²) in [5.41, 5.74) is 0.565. The summed E-state index contributed by atoms with van der Waals surface area (Å²) < 4.78 is 19.0. The highest BCUT2D eigenvalue weighted by molar-refractivity contribution is 6.32. The molecule has 4 heteroatoms. The largest absolute Gasteiger partial charge is 0.489 e. The van der Waals surface area contributed by atoms with E-state index in [1.807, 2.05) is 13.8 Å². The fourth-order valence-corrected chi connectivity index (χ4v) is 1.59. The van der Waals surface area contributed by atoms with Crippen LogP contribution in [-0.4, -0.2) is 19.7 Å². The molecule has 0 spiro atoms. The molecule has 0 aliphatic heterocycles. The van der Waals surface area contributed by atoms with Crippen molar-refractivity contribution in [1.82, 2.24) is 5.32 Å². The maximum absolute atomic E-state index is 13.5. The van der Waals surface area contributed by atoms with Crippen LogP contribution in [0.3, 0.4) is 0 Å². The van der Waals surface area contributed by atoms with Crippen LogP contribution in [0.5, 0.6) is 5.75 Å². The second-order valence-corrected chi connectivity index (χ2v) is 4.29. The SMILES string of the molecule is CNCC(F)c1ccc(OC(C)C)c(Cl)c1. The van der Waals surface area contributed by atoms with Gasteiger partial charge in [-0.25, -0.2) is 4.39 Å². The normalized spacial score (nSPS) is 12.9. The molecule has 1 atom stereocenters. The molecule has 0 radical (unpaired) electrons. The third-order valence-corrected chi connectivity index (χ3v) is 2.36. The third kappa shape index (κ3) is 3.65. The van der Waals surface area contributed by atoms with Crippen LogP contribution in [0.2, 0.25) is 5.02 Å². The van der Waals surface area contributed by atoms with E-state index in [4.69, 9.17) is 16.3 Å². The molecule has 0 bridgehead atoms. The molecule has 0 aromatic heterocycles. The molecule has 0 saturated carbocycles. The number of halogens is 2. The number of nitrogens with one attached hydrogen (secondary N) is 1. The summed E-state index contributed by atoms with van der Waals surface area (Å²) in [5, 5.41) is 3.23. The first-order chi connectivity index (χ1) is 7.54. The molecule has 0 amide bonds. The molecule has 0 aliphatic carbocycles. The predicted octanol–water partition coefficient (Wildman–Crippen LogP) is 3.36. The van der Waals surface area contributed by atoms with Gasteiger partial charge >= 0.3 is 0 Å². The van der Waals surface area contributed by atoms with Crippen molar-refractivity contribution in [2.75, 3.05) is 13.6 Å². The Morgan fingerprint density at radius 2 is 2.12 bits per heavy atom. The molecule has 1 unspecified atom stereocenters. The van der Waals surface area contributed by atoms with E-state index in [-0.39, 0.29) is 12.6 Å². The molecule has 2 nitrogen and oxygen atoms in total. The minimum Gasteiger partial charge on any atom is -0.489 e. The van der Waals surface area contributed by atoms with Gasteiger partial charge in [0.25, 0.3) is 0 Å².